The number of para-hydroxylation sites is 1. The lowest BCUT2D eigenvalue weighted by atomic mass is 10.1. The Hall–Kier alpha value is -2.04. The molecule has 1 fully saturated rings. The Kier molecular flexibility index (Phi) is 4.83. The minimum absolute atomic E-state index is 0.0448. The van der Waals surface area contributed by atoms with Gasteiger partial charge in [0.15, 0.2) is 0 Å². The van der Waals surface area contributed by atoms with Crippen LogP contribution in [0.5, 0.6) is 0 Å². The van der Waals surface area contributed by atoms with Gasteiger partial charge >= 0.3 is 12.0 Å². The van der Waals surface area contributed by atoms with Gasteiger partial charge in [0.2, 0.25) is 0 Å². The standard InChI is InChI=1S/C16H22N2O3/c1-3-18(14-7-5-4-6-11(14)2)16(21)17-13-9-8-12(10-13)15(19)20/h4-7,12-13H,3,8-10H2,1-2H3,(H,17,21)(H,19,20)/t12-,13+/m1/s1. The van der Waals surface area contributed by atoms with Crippen molar-refractivity contribution in [2.24, 2.45) is 5.92 Å². The van der Waals surface area contributed by atoms with Gasteiger partial charge in [-0.1, -0.05) is 18.2 Å². The molecule has 5 nitrogen and oxygen atoms in total. The van der Waals surface area contributed by atoms with Crippen LogP contribution in [-0.4, -0.2) is 29.7 Å². The molecule has 0 aliphatic heterocycles. The summed E-state index contributed by atoms with van der Waals surface area (Å²) in [5, 5.41) is 12.0. The fraction of sp³-hybridized carbons (Fsp3) is 0.500. The Morgan fingerprint density at radius 3 is 2.62 bits per heavy atom. The zero-order chi connectivity index (χ0) is 15.4. The number of anilines is 1. The van der Waals surface area contributed by atoms with Crippen molar-refractivity contribution in [1.29, 1.82) is 0 Å². The fourth-order valence-corrected chi connectivity index (χ4v) is 2.88. The molecule has 2 N–H and O–H groups in total. The molecule has 1 aromatic carbocycles. The highest BCUT2D eigenvalue weighted by Gasteiger charge is 2.31. The van der Waals surface area contributed by atoms with Crippen LogP contribution in [0.25, 0.3) is 0 Å². The summed E-state index contributed by atoms with van der Waals surface area (Å²) >= 11 is 0. The number of hydrogen-bond donors (Lipinski definition) is 2. The number of hydrogen-bond acceptors (Lipinski definition) is 2. The molecule has 1 aromatic rings. The van der Waals surface area contributed by atoms with Crippen LogP contribution in [0.3, 0.4) is 0 Å². The summed E-state index contributed by atoms with van der Waals surface area (Å²) in [4.78, 5) is 25.1. The molecular weight excluding hydrogens is 268 g/mol. The van der Waals surface area contributed by atoms with E-state index in [1.54, 1.807) is 4.90 Å². The molecule has 21 heavy (non-hydrogen) atoms. The quantitative estimate of drug-likeness (QED) is 0.896. The molecule has 0 unspecified atom stereocenters. The van der Waals surface area contributed by atoms with Gasteiger partial charge in [0, 0.05) is 18.3 Å². The maximum absolute atomic E-state index is 12.4. The molecule has 0 radical (unpaired) electrons. The van der Waals surface area contributed by atoms with Gasteiger partial charge in [0.1, 0.15) is 0 Å². The van der Waals surface area contributed by atoms with Crippen LogP contribution >= 0.6 is 0 Å². The lowest BCUT2D eigenvalue weighted by Crippen LogP contribution is -2.44. The summed E-state index contributed by atoms with van der Waals surface area (Å²) in [6, 6.07) is 7.56. The summed E-state index contributed by atoms with van der Waals surface area (Å²) in [6.07, 6.45) is 1.89. The first-order valence-corrected chi connectivity index (χ1v) is 7.39. The smallest absolute Gasteiger partial charge is 0.322 e. The number of carbonyl (C=O) groups excluding carboxylic acids is 1. The number of aliphatic carboxylic acids is 1. The molecule has 0 spiro atoms. The van der Waals surface area contributed by atoms with E-state index < -0.39 is 5.97 Å². The predicted molar refractivity (Wildman–Crippen MR) is 81.5 cm³/mol. The van der Waals surface area contributed by atoms with Crippen LogP contribution < -0.4 is 10.2 Å². The van der Waals surface area contributed by atoms with Crippen molar-refractivity contribution in [2.75, 3.05) is 11.4 Å². The van der Waals surface area contributed by atoms with E-state index in [9.17, 15) is 9.59 Å². The molecule has 0 aromatic heterocycles. The van der Waals surface area contributed by atoms with Crippen molar-refractivity contribution in [3.63, 3.8) is 0 Å². The van der Waals surface area contributed by atoms with Gasteiger partial charge < -0.3 is 10.4 Å². The lowest BCUT2D eigenvalue weighted by Gasteiger charge is -2.25. The minimum Gasteiger partial charge on any atom is -0.481 e. The van der Waals surface area contributed by atoms with Gasteiger partial charge in [0.05, 0.1) is 5.92 Å². The molecule has 1 saturated carbocycles. The van der Waals surface area contributed by atoms with E-state index in [1.165, 1.54) is 0 Å². The number of nitrogens with zero attached hydrogens (tertiary/aromatic N) is 1. The summed E-state index contributed by atoms with van der Waals surface area (Å²) in [7, 11) is 0. The third-order valence-electron chi connectivity index (χ3n) is 4.08. The molecule has 2 rings (SSSR count). The average Bonchev–Trinajstić information content (AvgIpc) is 2.90. The molecule has 2 amide bonds. The molecule has 1 aliphatic rings. The molecule has 0 saturated heterocycles. The van der Waals surface area contributed by atoms with Gasteiger partial charge in [-0.2, -0.15) is 0 Å². The monoisotopic (exact) mass is 290 g/mol. The van der Waals surface area contributed by atoms with Crippen LogP contribution in [0.15, 0.2) is 24.3 Å². The minimum atomic E-state index is -0.766. The maximum atomic E-state index is 12.4. The van der Waals surface area contributed by atoms with E-state index >= 15 is 0 Å². The number of carbonyl (C=O) groups is 2. The molecule has 0 bridgehead atoms. The van der Waals surface area contributed by atoms with Gasteiger partial charge in [0.25, 0.3) is 0 Å². The Morgan fingerprint density at radius 2 is 2.05 bits per heavy atom. The highest BCUT2D eigenvalue weighted by atomic mass is 16.4. The second-order valence-electron chi connectivity index (χ2n) is 5.53. The van der Waals surface area contributed by atoms with Crippen LogP contribution in [0.4, 0.5) is 10.5 Å². The van der Waals surface area contributed by atoms with Crippen molar-refractivity contribution in [3.8, 4) is 0 Å². The zero-order valence-corrected chi connectivity index (χ0v) is 12.5. The Labute approximate surface area is 125 Å². The van der Waals surface area contributed by atoms with Crippen molar-refractivity contribution in [2.45, 2.75) is 39.2 Å². The van der Waals surface area contributed by atoms with Gasteiger partial charge in [-0.25, -0.2) is 4.79 Å². The number of carboxylic acids is 1. The Balaban J connectivity index is 2.02. The van der Waals surface area contributed by atoms with E-state index in [1.807, 2.05) is 38.1 Å². The van der Waals surface area contributed by atoms with E-state index in [0.717, 1.165) is 17.7 Å². The third kappa shape index (κ3) is 3.54. The summed E-state index contributed by atoms with van der Waals surface area (Å²) < 4.78 is 0. The molecule has 5 heteroatoms. The van der Waals surface area contributed by atoms with Crippen molar-refractivity contribution in [3.05, 3.63) is 29.8 Å². The zero-order valence-electron chi connectivity index (χ0n) is 12.5. The van der Waals surface area contributed by atoms with Crippen LogP contribution in [0.1, 0.15) is 31.7 Å². The number of urea groups is 1. The SMILES string of the molecule is CCN(C(=O)N[C@H]1CC[C@@H](C(=O)O)C1)c1ccccc1C. The Bertz CT molecular complexity index is 530. The van der Waals surface area contributed by atoms with E-state index in [-0.39, 0.29) is 18.0 Å². The summed E-state index contributed by atoms with van der Waals surface area (Å²) in [5.41, 5.74) is 1.94. The van der Waals surface area contributed by atoms with Crippen molar-refractivity contribution >= 4 is 17.7 Å². The predicted octanol–water partition coefficient (Wildman–Crippen LogP) is 2.78. The van der Waals surface area contributed by atoms with E-state index in [4.69, 9.17) is 5.11 Å². The van der Waals surface area contributed by atoms with Crippen LogP contribution in [-0.2, 0) is 4.79 Å². The third-order valence-corrected chi connectivity index (χ3v) is 4.08. The fourth-order valence-electron chi connectivity index (χ4n) is 2.88. The van der Waals surface area contributed by atoms with Gasteiger partial charge in [-0.3, -0.25) is 9.69 Å². The number of amides is 2. The first kappa shape index (κ1) is 15.4. The first-order valence-electron chi connectivity index (χ1n) is 7.39. The van der Waals surface area contributed by atoms with E-state index in [0.29, 0.717) is 19.4 Å². The normalized spacial score (nSPS) is 21.0. The highest BCUT2D eigenvalue weighted by molar-refractivity contribution is 5.93. The number of nitrogens with one attached hydrogen (secondary N) is 1. The lowest BCUT2D eigenvalue weighted by molar-refractivity contribution is -0.141. The number of carboxylic acid groups (broad SMARTS) is 1. The molecule has 1 aliphatic carbocycles. The highest BCUT2D eigenvalue weighted by Crippen LogP contribution is 2.26. The van der Waals surface area contributed by atoms with Gasteiger partial charge in [-0.15, -0.1) is 0 Å². The topological polar surface area (TPSA) is 69.6 Å². The summed E-state index contributed by atoms with van der Waals surface area (Å²) in [5.74, 6) is -1.10. The van der Waals surface area contributed by atoms with Gasteiger partial charge in [-0.05, 0) is 44.7 Å². The second kappa shape index (κ2) is 6.61. The Morgan fingerprint density at radius 1 is 1.33 bits per heavy atom. The number of rotatable bonds is 4. The van der Waals surface area contributed by atoms with Crippen LogP contribution in [0.2, 0.25) is 0 Å². The average molecular weight is 290 g/mol. The second-order valence-corrected chi connectivity index (χ2v) is 5.53. The largest absolute Gasteiger partial charge is 0.481 e. The number of aryl methyl sites for hydroxylation is 1. The number of benzene rings is 1. The molecule has 2 atom stereocenters. The van der Waals surface area contributed by atoms with E-state index in [2.05, 4.69) is 5.32 Å². The van der Waals surface area contributed by atoms with Crippen molar-refractivity contribution < 1.29 is 14.7 Å². The van der Waals surface area contributed by atoms with Crippen LogP contribution in [0, 0.1) is 12.8 Å². The first-order chi connectivity index (χ1) is 10.0. The molecular formula is C16H22N2O3. The molecule has 114 valence electrons. The van der Waals surface area contributed by atoms with Crippen molar-refractivity contribution in [1.82, 2.24) is 5.32 Å². The maximum Gasteiger partial charge on any atom is 0.322 e. The molecule has 0 heterocycles. The summed E-state index contributed by atoms with van der Waals surface area (Å²) in [6.45, 7) is 4.48.